The summed E-state index contributed by atoms with van der Waals surface area (Å²) in [5.41, 5.74) is 2.77. The first-order valence-electron chi connectivity index (χ1n) is 6.93. The lowest BCUT2D eigenvalue weighted by Gasteiger charge is -2.26. The van der Waals surface area contributed by atoms with Crippen molar-refractivity contribution in [2.45, 2.75) is 20.0 Å². The molecule has 0 radical (unpaired) electrons. The summed E-state index contributed by atoms with van der Waals surface area (Å²) in [5, 5.41) is 3.91. The van der Waals surface area contributed by atoms with E-state index in [1.807, 2.05) is 37.3 Å². The molecule has 0 aromatic heterocycles. The van der Waals surface area contributed by atoms with Crippen molar-refractivity contribution in [3.05, 3.63) is 47.5 Å². The Morgan fingerprint density at radius 2 is 2.10 bits per heavy atom. The molecule has 5 nitrogen and oxygen atoms in total. The van der Waals surface area contributed by atoms with Gasteiger partial charge in [0.2, 0.25) is 0 Å². The number of hydrogen-bond donors (Lipinski definition) is 0. The highest BCUT2D eigenvalue weighted by Gasteiger charge is 2.20. The van der Waals surface area contributed by atoms with Crippen LogP contribution in [0.2, 0.25) is 0 Å². The smallest absolute Gasteiger partial charge is 0.410 e. The molecule has 1 aliphatic rings. The van der Waals surface area contributed by atoms with Crippen LogP contribution in [0.4, 0.5) is 4.79 Å². The highest BCUT2D eigenvalue weighted by Crippen LogP contribution is 2.13. The Morgan fingerprint density at radius 1 is 1.33 bits per heavy atom. The monoisotopic (exact) mass is 288 g/mol. The molecule has 0 aliphatic carbocycles. The van der Waals surface area contributed by atoms with Gasteiger partial charge in [-0.1, -0.05) is 41.6 Å². The van der Waals surface area contributed by atoms with E-state index in [1.54, 1.807) is 4.90 Å². The number of amides is 1. The van der Waals surface area contributed by atoms with Crippen molar-refractivity contribution < 1.29 is 14.4 Å². The van der Waals surface area contributed by atoms with Gasteiger partial charge in [0.15, 0.2) is 0 Å². The molecule has 112 valence electrons. The first-order chi connectivity index (χ1) is 10.2. The standard InChI is InChI=1S/C16H20N2O3/c1-13(17-20-2)15-9-6-10-18(11-15)16(19)21-12-14-7-4-3-5-8-14/h3-5,7-9H,6,10-12H2,1-2H3. The molecule has 0 unspecified atom stereocenters. The highest BCUT2D eigenvalue weighted by molar-refractivity contribution is 5.98. The molecular weight excluding hydrogens is 268 g/mol. The second-order valence-corrected chi connectivity index (χ2v) is 4.84. The Hall–Kier alpha value is -2.30. The van der Waals surface area contributed by atoms with Gasteiger partial charge in [0, 0.05) is 6.54 Å². The minimum atomic E-state index is -0.297. The Bertz CT molecular complexity index is 538. The SMILES string of the molecule is CON=C(C)C1=CCCN(C(=O)OCc2ccccc2)C1. The van der Waals surface area contributed by atoms with Crippen molar-refractivity contribution in [3.63, 3.8) is 0 Å². The average Bonchev–Trinajstić information content (AvgIpc) is 2.54. The van der Waals surface area contributed by atoms with E-state index in [-0.39, 0.29) is 6.09 Å². The summed E-state index contributed by atoms with van der Waals surface area (Å²) in [7, 11) is 1.51. The minimum Gasteiger partial charge on any atom is -0.445 e. The number of ether oxygens (including phenoxy) is 1. The molecule has 2 rings (SSSR count). The number of carbonyl (C=O) groups is 1. The molecule has 1 aromatic rings. The third kappa shape index (κ3) is 4.34. The molecule has 0 bridgehead atoms. The number of nitrogens with zero attached hydrogens (tertiary/aromatic N) is 2. The quantitative estimate of drug-likeness (QED) is 0.632. The van der Waals surface area contributed by atoms with Crippen LogP contribution in [0.25, 0.3) is 0 Å². The number of hydrogen-bond acceptors (Lipinski definition) is 4. The van der Waals surface area contributed by atoms with E-state index in [2.05, 4.69) is 11.2 Å². The molecule has 0 N–H and O–H groups in total. The van der Waals surface area contributed by atoms with Crippen LogP contribution >= 0.6 is 0 Å². The topological polar surface area (TPSA) is 51.1 Å². The molecule has 1 aliphatic heterocycles. The number of carbonyl (C=O) groups excluding carboxylic acids is 1. The van der Waals surface area contributed by atoms with Crippen LogP contribution < -0.4 is 0 Å². The van der Waals surface area contributed by atoms with Crippen molar-refractivity contribution in [1.29, 1.82) is 0 Å². The summed E-state index contributed by atoms with van der Waals surface area (Å²) in [6.07, 6.45) is 2.58. The van der Waals surface area contributed by atoms with Crippen LogP contribution in [0.1, 0.15) is 18.9 Å². The second kappa shape index (κ2) is 7.47. The molecule has 1 aromatic carbocycles. The third-order valence-corrected chi connectivity index (χ3v) is 3.31. The zero-order valence-electron chi connectivity index (χ0n) is 12.4. The van der Waals surface area contributed by atoms with Gasteiger partial charge in [0.1, 0.15) is 13.7 Å². The van der Waals surface area contributed by atoms with Crippen molar-refractivity contribution in [3.8, 4) is 0 Å². The summed E-state index contributed by atoms with van der Waals surface area (Å²) in [4.78, 5) is 18.6. The molecule has 0 fully saturated rings. The molecule has 1 amide bonds. The van der Waals surface area contributed by atoms with Gasteiger partial charge >= 0.3 is 6.09 Å². The first-order valence-corrected chi connectivity index (χ1v) is 6.93. The Balaban J connectivity index is 1.89. The zero-order valence-corrected chi connectivity index (χ0v) is 12.4. The molecule has 0 saturated carbocycles. The van der Waals surface area contributed by atoms with E-state index < -0.39 is 0 Å². The van der Waals surface area contributed by atoms with E-state index in [9.17, 15) is 4.79 Å². The fraction of sp³-hybridized carbons (Fsp3) is 0.375. The second-order valence-electron chi connectivity index (χ2n) is 4.84. The van der Waals surface area contributed by atoms with Crippen LogP contribution in [0.5, 0.6) is 0 Å². The molecule has 1 heterocycles. The Morgan fingerprint density at radius 3 is 2.81 bits per heavy atom. The summed E-state index contributed by atoms with van der Waals surface area (Å²) < 4.78 is 5.34. The summed E-state index contributed by atoms with van der Waals surface area (Å²) in [6.45, 7) is 3.33. The van der Waals surface area contributed by atoms with Gasteiger partial charge in [-0.3, -0.25) is 0 Å². The van der Waals surface area contributed by atoms with E-state index in [4.69, 9.17) is 9.57 Å². The van der Waals surface area contributed by atoms with Gasteiger partial charge < -0.3 is 14.5 Å². The summed E-state index contributed by atoms with van der Waals surface area (Å²) >= 11 is 0. The van der Waals surface area contributed by atoms with Gasteiger partial charge in [0.05, 0.1) is 12.3 Å². The molecule has 0 atom stereocenters. The number of rotatable bonds is 4. The van der Waals surface area contributed by atoms with Gasteiger partial charge in [0.25, 0.3) is 0 Å². The third-order valence-electron chi connectivity index (χ3n) is 3.31. The van der Waals surface area contributed by atoms with Gasteiger partial charge in [-0.15, -0.1) is 0 Å². The summed E-state index contributed by atoms with van der Waals surface area (Å²) in [5.74, 6) is 0. The van der Waals surface area contributed by atoms with Gasteiger partial charge in [-0.05, 0) is 24.5 Å². The highest BCUT2D eigenvalue weighted by atomic mass is 16.6. The lowest BCUT2D eigenvalue weighted by atomic mass is 10.1. The van der Waals surface area contributed by atoms with Crippen LogP contribution in [0.3, 0.4) is 0 Å². The van der Waals surface area contributed by atoms with E-state index >= 15 is 0 Å². The molecule has 5 heteroatoms. The van der Waals surface area contributed by atoms with Gasteiger partial charge in [-0.2, -0.15) is 0 Å². The lowest BCUT2D eigenvalue weighted by Crippen LogP contribution is -2.37. The minimum absolute atomic E-state index is 0.292. The number of oxime groups is 1. The van der Waals surface area contributed by atoms with Crippen LogP contribution in [0, 0.1) is 0 Å². The van der Waals surface area contributed by atoms with Gasteiger partial charge in [-0.25, -0.2) is 4.79 Å². The van der Waals surface area contributed by atoms with Crippen molar-refractivity contribution in [1.82, 2.24) is 4.90 Å². The molecule has 0 saturated heterocycles. The Labute approximate surface area is 124 Å². The maximum atomic E-state index is 12.1. The molecule has 0 spiro atoms. The van der Waals surface area contributed by atoms with Crippen molar-refractivity contribution >= 4 is 11.8 Å². The average molecular weight is 288 g/mol. The van der Waals surface area contributed by atoms with Crippen LogP contribution in [-0.4, -0.2) is 36.9 Å². The predicted octanol–water partition coefficient (Wildman–Crippen LogP) is 2.98. The fourth-order valence-corrected chi connectivity index (χ4v) is 2.17. The largest absolute Gasteiger partial charge is 0.445 e. The number of benzene rings is 1. The molecule has 21 heavy (non-hydrogen) atoms. The zero-order chi connectivity index (χ0) is 15.1. The van der Waals surface area contributed by atoms with E-state index in [1.165, 1.54) is 7.11 Å². The maximum absolute atomic E-state index is 12.1. The van der Waals surface area contributed by atoms with E-state index in [0.717, 1.165) is 23.3 Å². The lowest BCUT2D eigenvalue weighted by molar-refractivity contribution is 0.0988. The first kappa shape index (κ1) is 15.1. The van der Waals surface area contributed by atoms with Crippen LogP contribution in [0.15, 0.2) is 47.1 Å². The Kier molecular flexibility index (Phi) is 5.37. The summed E-state index contributed by atoms with van der Waals surface area (Å²) in [6, 6.07) is 9.66. The normalized spacial score (nSPS) is 15.4. The maximum Gasteiger partial charge on any atom is 0.410 e. The predicted molar refractivity (Wildman–Crippen MR) is 81.0 cm³/mol. The van der Waals surface area contributed by atoms with Crippen molar-refractivity contribution in [2.75, 3.05) is 20.2 Å². The van der Waals surface area contributed by atoms with E-state index in [0.29, 0.717) is 19.7 Å². The van der Waals surface area contributed by atoms with Crippen molar-refractivity contribution in [2.24, 2.45) is 5.16 Å². The fourth-order valence-electron chi connectivity index (χ4n) is 2.17. The molecular formula is C16H20N2O3. The van der Waals surface area contributed by atoms with Crippen LogP contribution in [-0.2, 0) is 16.2 Å².